The summed E-state index contributed by atoms with van der Waals surface area (Å²) in [5.41, 5.74) is 3.17. The molecule has 318 valence electrons. The van der Waals surface area contributed by atoms with E-state index in [2.05, 4.69) is 11.0 Å². The molecule has 1 fully saturated rings. The fourth-order valence-corrected chi connectivity index (χ4v) is 7.32. The largest absolute Gasteiger partial charge is 0.481 e. The number of aryl methyl sites for hydroxylation is 1. The number of fused-ring (bicyclic) bond motifs is 1. The minimum Gasteiger partial charge on any atom is -0.481 e. The van der Waals surface area contributed by atoms with Gasteiger partial charge in [-0.05, 0) is 54.5 Å². The van der Waals surface area contributed by atoms with Crippen molar-refractivity contribution in [2.24, 2.45) is 0 Å². The Morgan fingerprint density at radius 3 is 1.95 bits per heavy atom. The van der Waals surface area contributed by atoms with Crippen molar-refractivity contribution in [2.75, 3.05) is 116 Å². The van der Waals surface area contributed by atoms with Gasteiger partial charge in [0.15, 0.2) is 5.06 Å². The summed E-state index contributed by atoms with van der Waals surface area (Å²) in [7, 11) is 1.73. The predicted molar refractivity (Wildman–Crippen MR) is 222 cm³/mol. The molecule has 1 aromatic heterocycles. The lowest BCUT2D eigenvalue weighted by molar-refractivity contribution is -0.138. The van der Waals surface area contributed by atoms with E-state index in [4.69, 9.17) is 61.5 Å². The summed E-state index contributed by atoms with van der Waals surface area (Å²) in [6.07, 6.45) is 2.98. The van der Waals surface area contributed by atoms with Crippen LogP contribution in [0.4, 0.5) is 11.4 Å². The number of carboxylic acid groups (broad SMARTS) is 1. The first-order valence-electron chi connectivity index (χ1n) is 19.6. The molecule has 0 atom stereocenters. The molecule has 0 unspecified atom stereocenters. The molecule has 0 spiro atoms. The van der Waals surface area contributed by atoms with Crippen LogP contribution in [-0.4, -0.2) is 140 Å². The van der Waals surface area contributed by atoms with E-state index >= 15 is 0 Å². The minimum atomic E-state index is -0.886. The molecule has 2 aromatic carbocycles. The maximum atomic E-state index is 13.9. The lowest BCUT2D eigenvalue weighted by Gasteiger charge is -2.38. The molecule has 1 aliphatic carbocycles. The molecule has 5 rings (SSSR count). The van der Waals surface area contributed by atoms with Gasteiger partial charge in [-0.25, -0.2) is 0 Å². The lowest BCUT2D eigenvalue weighted by Crippen LogP contribution is -2.45. The van der Waals surface area contributed by atoms with Crippen molar-refractivity contribution in [1.29, 1.82) is 0 Å². The van der Waals surface area contributed by atoms with Crippen LogP contribution in [0.25, 0.3) is 0 Å². The molecule has 1 saturated carbocycles. The van der Waals surface area contributed by atoms with Crippen LogP contribution in [0.3, 0.4) is 0 Å². The number of carbonyl (C=O) groups is 3. The Labute approximate surface area is 353 Å². The molecule has 17 heteroatoms. The molecule has 2 heterocycles. The van der Waals surface area contributed by atoms with Crippen LogP contribution in [0, 0.1) is 0 Å². The number of carbonyl (C=O) groups excluding carboxylic acids is 2. The number of ether oxygens (including phenoxy) is 7. The number of hydrogen-bond donors (Lipinski definition) is 1. The molecule has 3 aromatic rings. The summed E-state index contributed by atoms with van der Waals surface area (Å²) in [6.45, 7) is 6.46. The third-order valence-corrected chi connectivity index (χ3v) is 10.8. The summed E-state index contributed by atoms with van der Waals surface area (Å²) >= 11 is 14.6. The van der Waals surface area contributed by atoms with Gasteiger partial charge in [-0.1, -0.05) is 35.3 Å². The number of anilines is 2. The first-order valence-corrected chi connectivity index (χ1v) is 21.2. The first-order chi connectivity index (χ1) is 28.2. The molecule has 1 aliphatic heterocycles. The highest BCUT2D eigenvalue weighted by Gasteiger charge is 2.36. The molecule has 58 heavy (non-hydrogen) atoms. The average Bonchev–Trinajstić information content (AvgIpc) is 3.96. The fraction of sp³-hybridized carbons (Fsp3) is 0.537. The summed E-state index contributed by atoms with van der Waals surface area (Å²) in [4.78, 5) is 43.0. The zero-order valence-corrected chi connectivity index (χ0v) is 35.2. The number of nitrogens with zero attached hydrogens (tertiary/aromatic N) is 3. The van der Waals surface area contributed by atoms with E-state index < -0.39 is 5.97 Å². The van der Waals surface area contributed by atoms with E-state index in [0.717, 1.165) is 23.5 Å². The summed E-state index contributed by atoms with van der Waals surface area (Å²) in [5, 5.41) is 11.6. The molecular weight excluding hydrogens is 813 g/mol. The quantitative estimate of drug-likeness (QED) is 0.0802. The van der Waals surface area contributed by atoms with E-state index in [-0.39, 0.29) is 31.3 Å². The Bertz CT molecular complexity index is 1760. The molecule has 0 bridgehead atoms. The number of benzene rings is 2. The summed E-state index contributed by atoms with van der Waals surface area (Å²) in [5.74, 6) is -0.732. The van der Waals surface area contributed by atoms with Gasteiger partial charge in [-0.2, -0.15) is 0 Å². The van der Waals surface area contributed by atoms with Crippen molar-refractivity contribution in [1.82, 2.24) is 4.90 Å². The van der Waals surface area contributed by atoms with Crippen molar-refractivity contribution in [2.45, 2.75) is 38.1 Å². The molecule has 1 N–H and O–H groups in total. The predicted octanol–water partition coefficient (Wildman–Crippen LogP) is 6.44. The van der Waals surface area contributed by atoms with Gasteiger partial charge in [0, 0.05) is 50.2 Å². The topological polar surface area (TPSA) is 146 Å². The molecule has 0 radical (unpaired) electrons. The fourth-order valence-electron chi connectivity index (χ4n) is 6.10. The highest BCUT2D eigenvalue weighted by molar-refractivity contribution is 7.12. The number of likely N-dealkylation sites (N-methyl/N-ethyl adjacent to an activating group) is 1. The number of carboxylic acids is 1. The summed E-state index contributed by atoms with van der Waals surface area (Å²) < 4.78 is 38.7. The van der Waals surface area contributed by atoms with Crippen molar-refractivity contribution >= 4 is 63.7 Å². The smallest absolute Gasteiger partial charge is 0.305 e. The average molecular weight is 867 g/mol. The normalized spacial score (nSPS) is 13.8. The van der Waals surface area contributed by atoms with Crippen molar-refractivity contribution in [3.05, 3.63) is 69.0 Å². The van der Waals surface area contributed by atoms with Gasteiger partial charge >= 0.3 is 5.97 Å². The summed E-state index contributed by atoms with van der Waals surface area (Å²) in [6, 6.07) is 13.7. The third-order valence-electron chi connectivity index (χ3n) is 9.37. The number of halogens is 2. The van der Waals surface area contributed by atoms with Gasteiger partial charge in [0.25, 0.3) is 5.91 Å². The van der Waals surface area contributed by atoms with Crippen LogP contribution in [0.2, 0.25) is 10.0 Å². The standard InChI is InChI=1S/C41H53Cl2N3O11S/c1-44(14-16-52-18-20-54-22-24-56-26-25-55-23-21-53-19-17-51-15-10-39(48)49)38(47)9-6-30-28-34(43)37(29-33(30)42)57-41-32(11-27-58-41)40(50)46-13-12-45(31-7-8-31)35-4-2-3-5-36(35)46/h2-5,11,27-29,31H,6-10,12-26H2,1H3,(H,48,49). The molecule has 0 saturated heterocycles. The van der Waals surface area contributed by atoms with Crippen molar-refractivity contribution in [3.8, 4) is 10.8 Å². The number of amides is 2. The Hall–Kier alpha value is -3.51. The Morgan fingerprint density at radius 1 is 0.759 bits per heavy atom. The Balaban J connectivity index is 0.914. The van der Waals surface area contributed by atoms with E-state index in [9.17, 15) is 14.4 Å². The maximum absolute atomic E-state index is 13.9. The van der Waals surface area contributed by atoms with E-state index in [1.807, 2.05) is 28.5 Å². The van der Waals surface area contributed by atoms with Gasteiger partial charge in [0.2, 0.25) is 5.91 Å². The number of hydrogen-bond acceptors (Lipinski definition) is 12. The zero-order chi connectivity index (χ0) is 41.1. The lowest BCUT2D eigenvalue weighted by atomic mass is 10.1. The second-order valence-electron chi connectivity index (χ2n) is 13.6. The Morgan fingerprint density at radius 2 is 1.34 bits per heavy atom. The van der Waals surface area contributed by atoms with Gasteiger partial charge in [-0.3, -0.25) is 14.4 Å². The van der Waals surface area contributed by atoms with Crippen LogP contribution in [0.15, 0.2) is 47.8 Å². The SMILES string of the molecule is CN(CCOCCOCCOCCOCCOCCOCCC(=O)O)C(=O)CCc1cc(Cl)c(Oc2sccc2C(=O)N2CCN(C3CC3)c3ccccc32)cc1Cl. The van der Waals surface area contributed by atoms with Crippen molar-refractivity contribution in [3.63, 3.8) is 0 Å². The van der Waals surface area contributed by atoms with E-state index in [1.165, 1.54) is 24.2 Å². The van der Waals surface area contributed by atoms with Gasteiger partial charge in [0.1, 0.15) is 5.75 Å². The van der Waals surface area contributed by atoms with Gasteiger partial charge in [0.05, 0.1) is 108 Å². The molecule has 2 aliphatic rings. The van der Waals surface area contributed by atoms with Crippen molar-refractivity contribution < 1.29 is 52.6 Å². The highest BCUT2D eigenvalue weighted by Crippen LogP contribution is 2.42. The number of rotatable bonds is 28. The van der Waals surface area contributed by atoms with Crippen LogP contribution in [0.1, 0.15) is 41.6 Å². The van der Waals surface area contributed by atoms with Crippen LogP contribution >= 0.6 is 34.5 Å². The number of para-hydroxylation sites is 2. The first kappa shape index (κ1) is 45.6. The second-order valence-corrected chi connectivity index (χ2v) is 15.3. The van der Waals surface area contributed by atoms with Gasteiger partial charge in [-0.15, -0.1) is 11.3 Å². The number of aliphatic carboxylic acids is 1. The molecular formula is C41H53Cl2N3O11S. The van der Waals surface area contributed by atoms with Crippen LogP contribution < -0.4 is 14.5 Å². The van der Waals surface area contributed by atoms with E-state index in [0.29, 0.717) is 125 Å². The minimum absolute atomic E-state index is 0.0182. The number of thiophene rings is 1. The third kappa shape index (κ3) is 14.6. The monoisotopic (exact) mass is 865 g/mol. The maximum Gasteiger partial charge on any atom is 0.305 e. The molecule has 14 nitrogen and oxygen atoms in total. The van der Waals surface area contributed by atoms with Crippen LogP contribution in [0.5, 0.6) is 10.8 Å². The van der Waals surface area contributed by atoms with Gasteiger partial charge < -0.3 is 53.0 Å². The second kappa shape index (κ2) is 24.5. The van der Waals surface area contributed by atoms with E-state index in [1.54, 1.807) is 30.1 Å². The Kier molecular flexibility index (Phi) is 19.3. The highest BCUT2D eigenvalue weighted by atomic mass is 35.5. The van der Waals surface area contributed by atoms with Crippen LogP contribution in [-0.2, 0) is 44.4 Å². The molecule has 2 amide bonds. The zero-order valence-electron chi connectivity index (χ0n) is 32.9.